The van der Waals surface area contributed by atoms with Crippen LogP contribution < -0.4 is 10.9 Å². The maximum absolute atomic E-state index is 10.7. The van der Waals surface area contributed by atoms with Gasteiger partial charge in [-0.3, -0.25) is 0 Å². The van der Waals surface area contributed by atoms with Crippen molar-refractivity contribution in [3.05, 3.63) is 35.9 Å². The Bertz CT molecular complexity index is 380. The van der Waals surface area contributed by atoms with Gasteiger partial charge in [0.25, 0.3) is 0 Å². The molecule has 4 N–H and O–H groups in total. The predicted molar refractivity (Wildman–Crippen MR) is 63.3 cm³/mol. The van der Waals surface area contributed by atoms with Crippen molar-refractivity contribution in [1.82, 2.24) is 0 Å². The summed E-state index contributed by atoms with van der Waals surface area (Å²) in [7, 11) is -3.47. The first-order valence-corrected chi connectivity index (χ1v) is 5.99. The Labute approximate surface area is 96.1 Å². The normalized spacial score (nSPS) is 12.9. The van der Waals surface area contributed by atoms with E-state index in [4.69, 9.17) is 10.9 Å². The summed E-state index contributed by atoms with van der Waals surface area (Å²) in [5.74, 6) is -0.179. The molecule has 0 aliphatic carbocycles. The van der Waals surface area contributed by atoms with Crippen LogP contribution in [0.2, 0.25) is 0 Å². The average Bonchev–Trinajstić information content (AvgIpc) is 2.02. The fourth-order valence-corrected chi connectivity index (χ4v) is 1.99. The minimum Gasteiger partial charge on any atom is -0.326 e. The Morgan fingerprint density at radius 1 is 1.20 bits per heavy atom. The molecule has 0 aliphatic heterocycles. The molecule has 4 nitrogen and oxygen atoms in total. The number of hydrogen-bond donors (Lipinski definition) is 2. The lowest BCUT2D eigenvalue weighted by Crippen LogP contribution is -2.34. The highest BCUT2D eigenvalue weighted by molar-refractivity contribution is 7.89. The number of rotatable bonds is 4. The highest BCUT2D eigenvalue weighted by atomic mass is 35.5. The Balaban J connectivity index is 0.00000196. The smallest absolute Gasteiger partial charge is 0.210 e. The van der Waals surface area contributed by atoms with E-state index in [-0.39, 0.29) is 18.2 Å². The number of primary sulfonamides is 1. The third-order valence-electron chi connectivity index (χ3n) is 1.79. The van der Waals surface area contributed by atoms with Crippen LogP contribution in [-0.2, 0) is 16.4 Å². The van der Waals surface area contributed by atoms with Gasteiger partial charge in [-0.25, -0.2) is 13.6 Å². The van der Waals surface area contributed by atoms with Gasteiger partial charge in [0.15, 0.2) is 0 Å². The Morgan fingerprint density at radius 3 is 2.20 bits per heavy atom. The van der Waals surface area contributed by atoms with Gasteiger partial charge in [0.2, 0.25) is 10.0 Å². The summed E-state index contributed by atoms with van der Waals surface area (Å²) in [5.41, 5.74) is 6.65. The molecule has 6 heteroatoms. The average molecular weight is 251 g/mol. The van der Waals surface area contributed by atoms with E-state index < -0.39 is 16.1 Å². The molecule has 0 saturated heterocycles. The van der Waals surface area contributed by atoms with Gasteiger partial charge in [-0.2, -0.15) is 0 Å². The maximum atomic E-state index is 10.7. The molecule has 1 aromatic rings. The molecule has 1 aromatic carbocycles. The van der Waals surface area contributed by atoms with Crippen LogP contribution in [0.25, 0.3) is 0 Å². The van der Waals surface area contributed by atoms with Crippen LogP contribution in [0.4, 0.5) is 0 Å². The number of hydrogen-bond acceptors (Lipinski definition) is 3. The number of benzene rings is 1. The predicted octanol–water partition coefficient (Wildman–Crippen LogP) is 0.267. The molecule has 0 saturated carbocycles. The van der Waals surface area contributed by atoms with E-state index in [2.05, 4.69) is 0 Å². The standard InChI is InChI=1S/C9H14N2O2S.ClH/c10-9(7-14(11,12)13)6-8-4-2-1-3-5-8;/h1-5,9H,6-7,10H2,(H2,11,12,13);1H/t9-;/m0./s1. The van der Waals surface area contributed by atoms with Crippen LogP contribution in [0.15, 0.2) is 30.3 Å². The van der Waals surface area contributed by atoms with Crippen LogP contribution in [0.5, 0.6) is 0 Å². The summed E-state index contributed by atoms with van der Waals surface area (Å²) in [6.07, 6.45) is 0.525. The lowest BCUT2D eigenvalue weighted by atomic mass is 10.1. The number of nitrogens with two attached hydrogens (primary N) is 2. The van der Waals surface area contributed by atoms with Gasteiger partial charge in [0, 0.05) is 6.04 Å². The van der Waals surface area contributed by atoms with Gasteiger partial charge >= 0.3 is 0 Å². The molecule has 15 heavy (non-hydrogen) atoms. The quantitative estimate of drug-likeness (QED) is 0.804. The molecular weight excluding hydrogens is 236 g/mol. The van der Waals surface area contributed by atoms with E-state index in [1.54, 1.807) is 0 Å². The third kappa shape index (κ3) is 6.46. The zero-order valence-electron chi connectivity index (χ0n) is 8.17. The molecular formula is C9H15ClN2O2S. The van der Waals surface area contributed by atoms with Crippen molar-refractivity contribution in [3.8, 4) is 0 Å². The van der Waals surface area contributed by atoms with Crippen LogP contribution in [0, 0.1) is 0 Å². The lowest BCUT2D eigenvalue weighted by Gasteiger charge is -2.09. The van der Waals surface area contributed by atoms with Crippen LogP contribution in [-0.4, -0.2) is 20.2 Å². The van der Waals surface area contributed by atoms with Crippen molar-refractivity contribution in [1.29, 1.82) is 0 Å². The second kappa shape index (κ2) is 6.07. The van der Waals surface area contributed by atoms with Gasteiger partial charge < -0.3 is 5.73 Å². The van der Waals surface area contributed by atoms with E-state index in [0.29, 0.717) is 6.42 Å². The second-order valence-corrected chi connectivity index (χ2v) is 4.94. The SMILES string of the molecule is Cl.N[C@@H](Cc1ccccc1)CS(N)(=O)=O. The summed E-state index contributed by atoms with van der Waals surface area (Å²) >= 11 is 0. The van der Waals surface area contributed by atoms with E-state index in [1.807, 2.05) is 30.3 Å². The van der Waals surface area contributed by atoms with Crippen molar-refractivity contribution < 1.29 is 8.42 Å². The molecule has 0 unspecified atom stereocenters. The Hall–Kier alpha value is -0.620. The Kier molecular flexibility index (Phi) is 5.82. The first kappa shape index (κ1) is 14.4. The fourth-order valence-electron chi connectivity index (χ4n) is 1.27. The van der Waals surface area contributed by atoms with Crippen molar-refractivity contribution in [3.63, 3.8) is 0 Å². The molecule has 0 heterocycles. The molecule has 0 amide bonds. The minimum absolute atomic E-state index is 0. The van der Waals surface area contributed by atoms with Gasteiger partial charge in [0.05, 0.1) is 5.75 Å². The topological polar surface area (TPSA) is 86.2 Å². The van der Waals surface area contributed by atoms with Gasteiger partial charge in [0.1, 0.15) is 0 Å². The minimum atomic E-state index is -3.47. The molecule has 1 atom stereocenters. The molecule has 86 valence electrons. The van der Waals surface area contributed by atoms with E-state index in [1.165, 1.54) is 0 Å². The van der Waals surface area contributed by atoms with Crippen molar-refractivity contribution >= 4 is 22.4 Å². The largest absolute Gasteiger partial charge is 0.326 e. The first-order chi connectivity index (χ1) is 6.47. The number of sulfonamides is 1. The molecule has 0 fully saturated rings. The molecule has 1 rings (SSSR count). The van der Waals surface area contributed by atoms with E-state index in [9.17, 15) is 8.42 Å². The van der Waals surface area contributed by atoms with Crippen LogP contribution in [0.1, 0.15) is 5.56 Å². The molecule has 0 spiro atoms. The molecule has 0 aliphatic rings. The van der Waals surface area contributed by atoms with Gasteiger partial charge in [-0.15, -0.1) is 12.4 Å². The molecule has 0 radical (unpaired) electrons. The highest BCUT2D eigenvalue weighted by Crippen LogP contribution is 2.02. The van der Waals surface area contributed by atoms with Crippen LogP contribution >= 0.6 is 12.4 Å². The monoisotopic (exact) mass is 250 g/mol. The summed E-state index contributed by atoms with van der Waals surface area (Å²) in [4.78, 5) is 0. The van der Waals surface area contributed by atoms with E-state index >= 15 is 0 Å². The van der Waals surface area contributed by atoms with Gasteiger partial charge in [-0.1, -0.05) is 30.3 Å². The van der Waals surface area contributed by atoms with Gasteiger partial charge in [-0.05, 0) is 12.0 Å². The second-order valence-electron chi connectivity index (χ2n) is 3.28. The van der Waals surface area contributed by atoms with Crippen molar-refractivity contribution in [2.45, 2.75) is 12.5 Å². The van der Waals surface area contributed by atoms with Crippen LogP contribution in [0.3, 0.4) is 0 Å². The van der Waals surface area contributed by atoms with Crippen molar-refractivity contribution in [2.24, 2.45) is 10.9 Å². The zero-order chi connectivity index (χ0) is 10.6. The molecule has 0 bridgehead atoms. The highest BCUT2D eigenvalue weighted by Gasteiger charge is 2.11. The Morgan fingerprint density at radius 2 is 1.73 bits per heavy atom. The summed E-state index contributed by atoms with van der Waals surface area (Å²) in [6, 6.07) is 9.05. The summed E-state index contributed by atoms with van der Waals surface area (Å²) in [5, 5.41) is 4.88. The summed E-state index contributed by atoms with van der Waals surface area (Å²) in [6.45, 7) is 0. The molecule has 0 aromatic heterocycles. The number of halogens is 1. The zero-order valence-corrected chi connectivity index (χ0v) is 9.80. The lowest BCUT2D eigenvalue weighted by molar-refractivity contribution is 0.587. The summed E-state index contributed by atoms with van der Waals surface area (Å²) < 4.78 is 21.5. The maximum Gasteiger partial charge on any atom is 0.210 e. The fraction of sp³-hybridized carbons (Fsp3) is 0.333. The van der Waals surface area contributed by atoms with E-state index in [0.717, 1.165) is 5.56 Å². The third-order valence-corrected chi connectivity index (χ3v) is 2.68. The first-order valence-electron chi connectivity index (χ1n) is 4.27. The van der Waals surface area contributed by atoms with Crippen molar-refractivity contribution in [2.75, 3.05) is 5.75 Å².